The van der Waals surface area contributed by atoms with Crippen LogP contribution in [0.15, 0.2) is 9.59 Å². The topological polar surface area (TPSA) is 112 Å². The molecule has 3 rings (SSSR count). The zero-order valence-electron chi connectivity index (χ0n) is 14.6. The first-order valence-electron chi connectivity index (χ1n) is 7.99. The Labute approximate surface area is 142 Å². The largest absolute Gasteiger partial charge is 0.480 e. The molecule has 1 aliphatic rings. The highest BCUT2D eigenvalue weighted by Crippen LogP contribution is 2.23. The Bertz CT molecular complexity index is 946. The molecule has 0 amide bonds. The van der Waals surface area contributed by atoms with Crippen LogP contribution in [0, 0.1) is 0 Å². The van der Waals surface area contributed by atoms with Gasteiger partial charge in [-0.2, -0.15) is 4.98 Å². The van der Waals surface area contributed by atoms with Crippen molar-refractivity contribution in [2.24, 2.45) is 14.1 Å². The number of hydrogen-bond acceptors (Lipinski definition) is 6. The number of fused-ring (bicyclic) bond motifs is 1. The van der Waals surface area contributed by atoms with Crippen molar-refractivity contribution in [3.8, 4) is 0 Å². The number of morpholine rings is 1. The molecule has 25 heavy (non-hydrogen) atoms. The van der Waals surface area contributed by atoms with Gasteiger partial charge in [0.25, 0.3) is 5.56 Å². The van der Waals surface area contributed by atoms with Gasteiger partial charge in [-0.25, -0.2) is 4.79 Å². The van der Waals surface area contributed by atoms with Crippen molar-refractivity contribution < 1.29 is 14.6 Å². The van der Waals surface area contributed by atoms with Crippen molar-refractivity contribution in [1.82, 2.24) is 18.7 Å². The van der Waals surface area contributed by atoms with E-state index >= 15 is 0 Å². The molecule has 2 aromatic heterocycles. The summed E-state index contributed by atoms with van der Waals surface area (Å²) in [4.78, 5) is 42.4. The van der Waals surface area contributed by atoms with Crippen LogP contribution in [0.5, 0.6) is 0 Å². The van der Waals surface area contributed by atoms with E-state index in [1.54, 1.807) is 0 Å². The molecule has 1 aliphatic heterocycles. The number of hydrogen-bond donors (Lipinski definition) is 1. The molecule has 10 heteroatoms. The summed E-state index contributed by atoms with van der Waals surface area (Å²) in [5, 5.41) is 9.29. The third-order valence-electron chi connectivity index (χ3n) is 4.32. The van der Waals surface area contributed by atoms with Gasteiger partial charge in [0.1, 0.15) is 6.54 Å². The van der Waals surface area contributed by atoms with Crippen LogP contribution >= 0.6 is 0 Å². The summed E-state index contributed by atoms with van der Waals surface area (Å²) in [6, 6.07) is 0. The van der Waals surface area contributed by atoms with Crippen LogP contribution in [0.1, 0.15) is 13.8 Å². The monoisotopic (exact) mass is 351 g/mol. The van der Waals surface area contributed by atoms with E-state index in [-0.39, 0.29) is 23.4 Å². The smallest absolute Gasteiger partial charge is 0.332 e. The molecule has 0 unspecified atom stereocenters. The fourth-order valence-electron chi connectivity index (χ4n) is 3.30. The lowest BCUT2D eigenvalue weighted by atomic mass is 10.2. The summed E-state index contributed by atoms with van der Waals surface area (Å²) in [5.74, 6) is -0.733. The van der Waals surface area contributed by atoms with E-state index in [9.17, 15) is 19.5 Å². The van der Waals surface area contributed by atoms with E-state index in [4.69, 9.17) is 4.74 Å². The molecular weight excluding hydrogens is 330 g/mol. The number of carbonyl (C=O) groups is 1. The molecule has 0 aliphatic carbocycles. The number of aryl methyl sites for hydroxylation is 1. The minimum atomic E-state index is -1.09. The first-order valence-corrected chi connectivity index (χ1v) is 7.99. The summed E-state index contributed by atoms with van der Waals surface area (Å²) in [6.07, 6.45) is -0.123. The molecule has 0 bridgehead atoms. The normalized spacial score (nSPS) is 21.0. The number of imidazole rings is 1. The fraction of sp³-hybridized carbons (Fsp3) is 0.600. The van der Waals surface area contributed by atoms with Crippen LogP contribution in [0.25, 0.3) is 11.2 Å². The molecule has 2 atom stereocenters. The second-order valence-electron chi connectivity index (χ2n) is 6.43. The molecule has 136 valence electrons. The maximum Gasteiger partial charge on any atom is 0.332 e. The molecule has 10 nitrogen and oxygen atoms in total. The third-order valence-corrected chi connectivity index (χ3v) is 4.32. The summed E-state index contributed by atoms with van der Waals surface area (Å²) in [7, 11) is 2.87. The van der Waals surface area contributed by atoms with Gasteiger partial charge in [0.05, 0.1) is 12.2 Å². The van der Waals surface area contributed by atoms with E-state index in [0.717, 1.165) is 4.57 Å². The first kappa shape index (κ1) is 17.2. The van der Waals surface area contributed by atoms with E-state index in [1.165, 1.54) is 23.2 Å². The second-order valence-corrected chi connectivity index (χ2v) is 6.43. The summed E-state index contributed by atoms with van der Waals surface area (Å²) in [5.41, 5.74) is -0.787. The van der Waals surface area contributed by atoms with E-state index < -0.39 is 23.8 Å². The van der Waals surface area contributed by atoms with Gasteiger partial charge >= 0.3 is 11.7 Å². The van der Waals surface area contributed by atoms with Crippen molar-refractivity contribution in [2.45, 2.75) is 32.6 Å². The van der Waals surface area contributed by atoms with Gasteiger partial charge in [0.15, 0.2) is 11.2 Å². The number of anilines is 1. The number of nitrogens with zero attached hydrogens (tertiary/aromatic N) is 5. The Hall–Kier alpha value is -2.62. The van der Waals surface area contributed by atoms with Gasteiger partial charge in [0, 0.05) is 27.2 Å². The summed E-state index contributed by atoms with van der Waals surface area (Å²) < 4.78 is 9.28. The van der Waals surface area contributed by atoms with Gasteiger partial charge in [-0.3, -0.25) is 23.3 Å². The molecule has 0 spiro atoms. The average molecular weight is 351 g/mol. The molecule has 2 aromatic rings. The maximum atomic E-state index is 12.6. The minimum absolute atomic E-state index is 0.0616. The molecule has 1 N–H and O–H groups in total. The Morgan fingerprint density at radius 3 is 2.36 bits per heavy atom. The number of aliphatic carboxylic acids is 1. The number of carboxylic acids is 1. The zero-order chi connectivity index (χ0) is 18.5. The Balaban J connectivity index is 2.30. The molecular formula is C15H21N5O5. The van der Waals surface area contributed by atoms with E-state index in [0.29, 0.717) is 19.0 Å². The Morgan fingerprint density at radius 2 is 1.80 bits per heavy atom. The summed E-state index contributed by atoms with van der Waals surface area (Å²) >= 11 is 0. The SMILES string of the molecule is C[C@H]1CN(c2nc3c(c(=O)n(C)c(=O)n3C)n2CC(=O)O)C[C@H](C)O1. The lowest BCUT2D eigenvalue weighted by Crippen LogP contribution is -2.46. The molecule has 0 radical (unpaired) electrons. The van der Waals surface area contributed by atoms with Crippen molar-refractivity contribution in [2.75, 3.05) is 18.0 Å². The van der Waals surface area contributed by atoms with Crippen LogP contribution in [0.3, 0.4) is 0 Å². The van der Waals surface area contributed by atoms with Crippen LogP contribution < -0.4 is 16.1 Å². The van der Waals surface area contributed by atoms with Crippen molar-refractivity contribution >= 4 is 23.1 Å². The zero-order valence-corrected chi connectivity index (χ0v) is 14.6. The van der Waals surface area contributed by atoms with E-state index in [2.05, 4.69) is 4.98 Å². The number of rotatable bonds is 3. The van der Waals surface area contributed by atoms with Gasteiger partial charge < -0.3 is 14.7 Å². The van der Waals surface area contributed by atoms with Crippen LogP contribution in [0.2, 0.25) is 0 Å². The van der Waals surface area contributed by atoms with Crippen LogP contribution in [0.4, 0.5) is 5.95 Å². The quantitative estimate of drug-likeness (QED) is 0.765. The lowest BCUT2D eigenvalue weighted by Gasteiger charge is -2.35. The first-order chi connectivity index (χ1) is 11.7. The minimum Gasteiger partial charge on any atom is -0.480 e. The number of carboxylic acid groups (broad SMARTS) is 1. The fourth-order valence-corrected chi connectivity index (χ4v) is 3.30. The predicted molar refractivity (Wildman–Crippen MR) is 90.1 cm³/mol. The van der Waals surface area contributed by atoms with E-state index in [1.807, 2.05) is 18.7 Å². The highest BCUT2D eigenvalue weighted by molar-refractivity contribution is 5.78. The van der Waals surface area contributed by atoms with Gasteiger partial charge in [-0.15, -0.1) is 0 Å². The number of ether oxygens (including phenoxy) is 1. The highest BCUT2D eigenvalue weighted by atomic mass is 16.5. The average Bonchev–Trinajstić information content (AvgIpc) is 2.88. The summed E-state index contributed by atoms with van der Waals surface area (Å²) in [6.45, 7) is 4.45. The Kier molecular flexibility index (Phi) is 4.15. The second kappa shape index (κ2) is 6.03. The van der Waals surface area contributed by atoms with Crippen molar-refractivity contribution in [1.29, 1.82) is 0 Å². The number of aromatic nitrogens is 4. The maximum absolute atomic E-state index is 12.6. The standard InChI is InChI=1S/C15H21N5O5/c1-8-5-19(6-9(2)25-8)14-16-12-11(20(14)7-10(21)22)13(23)18(4)15(24)17(12)3/h8-9H,5-7H2,1-4H3,(H,21,22)/t8-,9-/m0/s1. The molecule has 0 aromatic carbocycles. The molecule has 3 heterocycles. The molecule has 1 saturated heterocycles. The molecule has 1 fully saturated rings. The van der Waals surface area contributed by atoms with Gasteiger partial charge in [0.2, 0.25) is 5.95 Å². The predicted octanol–water partition coefficient (Wildman–Crippen LogP) is -0.868. The lowest BCUT2D eigenvalue weighted by molar-refractivity contribution is -0.137. The Morgan fingerprint density at radius 1 is 1.20 bits per heavy atom. The van der Waals surface area contributed by atoms with Crippen molar-refractivity contribution in [3.63, 3.8) is 0 Å². The van der Waals surface area contributed by atoms with Crippen molar-refractivity contribution in [3.05, 3.63) is 20.8 Å². The third kappa shape index (κ3) is 2.82. The van der Waals surface area contributed by atoms with Gasteiger partial charge in [-0.05, 0) is 13.8 Å². The van der Waals surface area contributed by atoms with Gasteiger partial charge in [-0.1, -0.05) is 0 Å². The molecule has 0 saturated carbocycles. The van der Waals surface area contributed by atoms with Crippen LogP contribution in [-0.2, 0) is 30.2 Å². The highest BCUT2D eigenvalue weighted by Gasteiger charge is 2.29. The van der Waals surface area contributed by atoms with Crippen LogP contribution in [-0.4, -0.2) is 55.1 Å².